The lowest BCUT2D eigenvalue weighted by Crippen LogP contribution is -2.37. The highest BCUT2D eigenvalue weighted by atomic mass is 16.5. The van der Waals surface area contributed by atoms with E-state index in [1.54, 1.807) is 7.11 Å². The van der Waals surface area contributed by atoms with Crippen molar-refractivity contribution in [2.75, 3.05) is 33.5 Å². The highest BCUT2D eigenvalue weighted by Crippen LogP contribution is 2.34. The van der Waals surface area contributed by atoms with Crippen LogP contribution in [-0.2, 0) is 19.8 Å². The third-order valence-electron chi connectivity index (χ3n) is 3.75. The molecule has 2 rings (SSSR count). The standard InChI is InChI=1S/C14H25N3O4/c1-3-20-14(6-9-19-10-7-14)13-16-12(21-17-13)11(15)5-4-8-18-2/h11H,3-10,15H2,1-2H3. The zero-order valence-electron chi connectivity index (χ0n) is 12.8. The molecular formula is C14H25N3O4. The number of hydrogen-bond donors (Lipinski definition) is 1. The van der Waals surface area contributed by atoms with Crippen LogP contribution in [0.3, 0.4) is 0 Å². The van der Waals surface area contributed by atoms with E-state index in [4.69, 9.17) is 24.5 Å². The number of aromatic nitrogens is 2. The number of nitrogens with zero attached hydrogens (tertiary/aromatic N) is 2. The number of rotatable bonds is 8. The van der Waals surface area contributed by atoms with Gasteiger partial charge in [0.25, 0.3) is 0 Å². The van der Waals surface area contributed by atoms with E-state index in [9.17, 15) is 0 Å². The topological polar surface area (TPSA) is 92.6 Å². The number of hydrogen-bond acceptors (Lipinski definition) is 7. The van der Waals surface area contributed by atoms with Gasteiger partial charge in [0.05, 0.1) is 6.04 Å². The largest absolute Gasteiger partial charge is 0.385 e. The van der Waals surface area contributed by atoms with Gasteiger partial charge < -0.3 is 24.5 Å². The van der Waals surface area contributed by atoms with Crippen LogP contribution in [0, 0.1) is 0 Å². The molecule has 2 N–H and O–H groups in total. The van der Waals surface area contributed by atoms with Crippen LogP contribution in [0.25, 0.3) is 0 Å². The molecule has 21 heavy (non-hydrogen) atoms. The fourth-order valence-electron chi connectivity index (χ4n) is 2.55. The molecule has 0 aliphatic carbocycles. The Morgan fingerprint density at radius 2 is 2.14 bits per heavy atom. The summed E-state index contributed by atoms with van der Waals surface area (Å²) in [6, 6.07) is -0.264. The number of nitrogens with two attached hydrogens (primary N) is 1. The minimum Gasteiger partial charge on any atom is -0.385 e. The maximum absolute atomic E-state index is 6.08. The lowest BCUT2D eigenvalue weighted by atomic mass is 9.93. The van der Waals surface area contributed by atoms with Gasteiger partial charge in [-0.05, 0) is 19.8 Å². The summed E-state index contributed by atoms with van der Waals surface area (Å²) in [5.74, 6) is 1.05. The maximum Gasteiger partial charge on any atom is 0.243 e. The van der Waals surface area contributed by atoms with E-state index in [-0.39, 0.29) is 6.04 Å². The zero-order valence-corrected chi connectivity index (χ0v) is 12.8. The molecule has 120 valence electrons. The van der Waals surface area contributed by atoms with Crippen molar-refractivity contribution >= 4 is 0 Å². The molecule has 1 aliphatic rings. The summed E-state index contributed by atoms with van der Waals surface area (Å²) in [4.78, 5) is 4.48. The first-order chi connectivity index (χ1) is 10.2. The van der Waals surface area contributed by atoms with Gasteiger partial charge in [0.15, 0.2) is 0 Å². The molecule has 0 amide bonds. The van der Waals surface area contributed by atoms with Crippen molar-refractivity contribution in [3.05, 3.63) is 11.7 Å². The molecular weight excluding hydrogens is 274 g/mol. The van der Waals surface area contributed by atoms with Crippen LogP contribution in [0.5, 0.6) is 0 Å². The SMILES string of the molecule is CCOC1(c2noc(C(N)CCCOC)n2)CCOCC1. The van der Waals surface area contributed by atoms with Gasteiger partial charge in [-0.3, -0.25) is 0 Å². The first-order valence-corrected chi connectivity index (χ1v) is 7.52. The van der Waals surface area contributed by atoms with Crippen LogP contribution in [0.15, 0.2) is 4.52 Å². The second-order valence-electron chi connectivity index (χ2n) is 5.24. The van der Waals surface area contributed by atoms with Gasteiger partial charge in [0, 0.05) is 46.4 Å². The van der Waals surface area contributed by atoms with Gasteiger partial charge in [0.2, 0.25) is 11.7 Å². The van der Waals surface area contributed by atoms with Crippen molar-refractivity contribution in [1.29, 1.82) is 0 Å². The van der Waals surface area contributed by atoms with Gasteiger partial charge in [-0.1, -0.05) is 5.16 Å². The molecule has 0 aromatic carbocycles. The van der Waals surface area contributed by atoms with Gasteiger partial charge >= 0.3 is 0 Å². The molecule has 2 heterocycles. The fraction of sp³-hybridized carbons (Fsp3) is 0.857. The van der Waals surface area contributed by atoms with Crippen LogP contribution in [0.2, 0.25) is 0 Å². The maximum atomic E-state index is 6.08. The zero-order chi connectivity index (χ0) is 15.1. The Morgan fingerprint density at radius 3 is 2.81 bits per heavy atom. The van der Waals surface area contributed by atoms with E-state index >= 15 is 0 Å². The third-order valence-corrected chi connectivity index (χ3v) is 3.75. The van der Waals surface area contributed by atoms with E-state index in [0.29, 0.717) is 38.1 Å². The van der Waals surface area contributed by atoms with Crippen LogP contribution in [0.1, 0.15) is 50.4 Å². The van der Waals surface area contributed by atoms with Gasteiger partial charge in [-0.25, -0.2) is 0 Å². The lowest BCUT2D eigenvalue weighted by molar-refractivity contribution is -0.118. The van der Waals surface area contributed by atoms with Gasteiger partial charge in [0.1, 0.15) is 5.60 Å². The molecule has 1 aromatic rings. The van der Waals surface area contributed by atoms with Crippen molar-refractivity contribution in [2.45, 2.75) is 44.2 Å². The Balaban J connectivity index is 2.05. The second kappa shape index (κ2) is 7.84. The Bertz CT molecular complexity index is 413. The van der Waals surface area contributed by atoms with E-state index in [2.05, 4.69) is 10.1 Å². The van der Waals surface area contributed by atoms with Gasteiger partial charge in [-0.15, -0.1) is 0 Å². The van der Waals surface area contributed by atoms with Crippen molar-refractivity contribution in [3.8, 4) is 0 Å². The monoisotopic (exact) mass is 299 g/mol. The average molecular weight is 299 g/mol. The van der Waals surface area contributed by atoms with Crippen molar-refractivity contribution in [2.24, 2.45) is 5.73 Å². The number of methoxy groups -OCH3 is 1. The molecule has 1 aliphatic heterocycles. The molecule has 7 nitrogen and oxygen atoms in total. The lowest BCUT2D eigenvalue weighted by Gasteiger charge is -2.33. The van der Waals surface area contributed by atoms with Crippen LogP contribution in [0.4, 0.5) is 0 Å². The minimum atomic E-state index is -0.499. The Kier molecular flexibility index (Phi) is 6.10. The summed E-state index contributed by atoms with van der Waals surface area (Å²) in [6.07, 6.45) is 3.08. The molecule has 1 fully saturated rings. The second-order valence-corrected chi connectivity index (χ2v) is 5.24. The molecule has 1 atom stereocenters. The number of ether oxygens (including phenoxy) is 3. The molecule has 0 saturated carbocycles. The quantitative estimate of drug-likeness (QED) is 0.728. The molecule has 0 radical (unpaired) electrons. The fourth-order valence-corrected chi connectivity index (χ4v) is 2.55. The summed E-state index contributed by atoms with van der Waals surface area (Å²) >= 11 is 0. The van der Waals surface area contributed by atoms with Crippen molar-refractivity contribution < 1.29 is 18.7 Å². The Hall–Kier alpha value is -1.02. The third kappa shape index (κ3) is 4.00. The molecule has 0 bridgehead atoms. The molecule has 7 heteroatoms. The summed E-state index contributed by atoms with van der Waals surface area (Å²) in [5.41, 5.74) is 5.58. The van der Waals surface area contributed by atoms with E-state index in [1.807, 2.05) is 6.92 Å². The summed E-state index contributed by atoms with van der Waals surface area (Å²) < 4.78 is 21.7. The van der Waals surface area contributed by atoms with E-state index in [1.165, 1.54) is 0 Å². The summed E-state index contributed by atoms with van der Waals surface area (Å²) in [5, 5.41) is 4.10. The van der Waals surface area contributed by atoms with Crippen LogP contribution < -0.4 is 5.73 Å². The molecule has 1 saturated heterocycles. The van der Waals surface area contributed by atoms with Crippen molar-refractivity contribution in [1.82, 2.24) is 10.1 Å². The van der Waals surface area contributed by atoms with E-state index in [0.717, 1.165) is 25.7 Å². The normalized spacial score (nSPS) is 19.6. The van der Waals surface area contributed by atoms with Crippen molar-refractivity contribution in [3.63, 3.8) is 0 Å². The molecule has 1 aromatic heterocycles. The summed E-state index contributed by atoms with van der Waals surface area (Å²) in [6.45, 7) is 4.53. The van der Waals surface area contributed by atoms with Crippen LogP contribution >= 0.6 is 0 Å². The summed E-state index contributed by atoms with van der Waals surface area (Å²) in [7, 11) is 1.67. The molecule has 0 spiro atoms. The van der Waals surface area contributed by atoms with Crippen LogP contribution in [-0.4, -0.2) is 43.7 Å². The predicted octanol–water partition coefficient (Wildman–Crippen LogP) is 1.54. The van der Waals surface area contributed by atoms with Gasteiger partial charge in [-0.2, -0.15) is 4.98 Å². The average Bonchev–Trinajstić information content (AvgIpc) is 2.99. The highest BCUT2D eigenvalue weighted by molar-refractivity contribution is 5.04. The highest BCUT2D eigenvalue weighted by Gasteiger charge is 2.40. The Morgan fingerprint density at radius 1 is 1.38 bits per heavy atom. The predicted molar refractivity (Wildman–Crippen MR) is 75.7 cm³/mol. The Labute approximate surface area is 125 Å². The first-order valence-electron chi connectivity index (χ1n) is 7.52. The smallest absolute Gasteiger partial charge is 0.243 e. The first kappa shape index (κ1) is 16.4. The molecule has 1 unspecified atom stereocenters. The minimum absolute atomic E-state index is 0.264. The van der Waals surface area contributed by atoms with E-state index < -0.39 is 5.60 Å².